The van der Waals surface area contributed by atoms with Gasteiger partial charge in [-0.15, -0.1) is 0 Å². The highest BCUT2D eigenvalue weighted by Crippen LogP contribution is 2.33. The number of fused-ring (bicyclic) bond motifs is 5. The minimum Gasteiger partial charge on any atom is -0.496 e. The summed E-state index contributed by atoms with van der Waals surface area (Å²) in [7, 11) is 1.47. The Balaban J connectivity index is 1.64. The van der Waals surface area contributed by atoms with Gasteiger partial charge in [-0.05, 0) is 67.9 Å². The number of hydrogen-bond donors (Lipinski definition) is 4. The van der Waals surface area contributed by atoms with Crippen molar-refractivity contribution in [2.24, 2.45) is 10.7 Å². The summed E-state index contributed by atoms with van der Waals surface area (Å²) in [6, 6.07) is 18.2. The molecule has 10 heteroatoms. The number of nitrogens with one attached hydrogen (secondary N) is 3. The third-order valence-electron chi connectivity index (χ3n) is 5.52. The van der Waals surface area contributed by atoms with Crippen molar-refractivity contribution in [1.29, 1.82) is 0 Å². The number of amides is 2. The predicted molar refractivity (Wildman–Crippen MR) is 140 cm³/mol. The minimum absolute atomic E-state index is 0.0370. The SMILES string of the molecule is COc1ccccc1C(=O)NNC(=O)C1Nc2ccc(cc2)/C(N)=N\COc2cc1ccc2OC(C)C. The molecule has 0 spiro atoms. The van der Waals surface area contributed by atoms with Crippen molar-refractivity contribution in [3.05, 3.63) is 83.4 Å². The molecule has 4 bridgehead atoms. The van der Waals surface area contributed by atoms with Gasteiger partial charge in [-0.2, -0.15) is 0 Å². The molecule has 0 aromatic heterocycles. The molecule has 3 aromatic rings. The van der Waals surface area contributed by atoms with Crippen molar-refractivity contribution in [2.75, 3.05) is 19.2 Å². The molecular formula is C27H29N5O5. The molecule has 1 atom stereocenters. The average Bonchev–Trinajstić information content (AvgIpc) is 2.92. The van der Waals surface area contributed by atoms with E-state index in [0.29, 0.717) is 39.9 Å². The van der Waals surface area contributed by atoms with Crippen molar-refractivity contribution >= 4 is 23.3 Å². The van der Waals surface area contributed by atoms with Gasteiger partial charge in [0.05, 0.1) is 18.8 Å². The minimum atomic E-state index is -0.890. The Hall–Kier alpha value is -4.73. The molecule has 192 valence electrons. The molecular weight excluding hydrogens is 474 g/mol. The Morgan fingerprint density at radius 3 is 2.54 bits per heavy atom. The number of rotatable bonds is 5. The van der Waals surface area contributed by atoms with Crippen LogP contribution in [-0.4, -0.2) is 37.6 Å². The molecule has 2 heterocycles. The van der Waals surface area contributed by atoms with Gasteiger partial charge in [0.15, 0.2) is 18.2 Å². The highest BCUT2D eigenvalue weighted by molar-refractivity contribution is 5.99. The van der Waals surface area contributed by atoms with Gasteiger partial charge >= 0.3 is 0 Å². The molecule has 0 aliphatic carbocycles. The molecule has 0 saturated carbocycles. The number of anilines is 1. The first-order chi connectivity index (χ1) is 17.9. The molecule has 2 amide bonds. The summed E-state index contributed by atoms with van der Waals surface area (Å²) in [6.45, 7) is 3.77. The third kappa shape index (κ3) is 6.10. The van der Waals surface area contributed by atoms with Crippen molar-refractivity contribution in [1.82, 2.24) is 10.9 Å². The van der Waals surface area contributed by atoms with E-state index in [4.69, 9.17) is 19.9 Å². The first-order valence-electron chi connectivity index (χ1n) is 11.7. The highest BCUT2D eigenvalue weighted by atomic mass is 16.5. The number of hydrazine groups is 1. The molecule has 2 aliphatic rings. The van der Waals surface area contributed by atoms with Crippen LogP contribution >= 0.6 is 0 Å². The maximum atomic E-state index is 13.4. The van der Waals surface area contributed by atoms with Gasteiger partial charge in [-0.1, -0.05) is 18.2 Å². The van der Waals surface area contributed by atoms with E-state index < -0.39 is 17.9 Å². The van der Waals surface area contributed by atoms with Gasteiger partial charge in [0, 0.05) is 11.3 Å². The standard InChI is InChI=1S/C27H29N5O5/c1-16(2)37-22-13-10-18-14-23(22)36-15-29-25(28)17-8-11-19(12-9-17)30-24(18)27(34)32-31-26(33)20-6-4-5-7-21(20)35-3/h4-14,16,24,30H,15H2,1-3H3,(H2,28,29)(H,31,33)(H,32,34). The van der Waals surface area contributed by atoms with Crippen LogP contribution in [0.15, 0.2) is 71.7 Å². The summed E-state index contributed by atoms with van der Waals surface area (Å²) in [4.78, 5) is 30.4. The van der Waals surface area contributed by atoms with Crippen LogP contribution in [0.1, 0.15) is 41.4 Å². The molecule has 0 radical (unpaired) electrons. The number of benzene rings is 3. The number of ether oxygens (including phenoxy) is 3. The second-order valence-electron chi connectivity index (χ2n) is 8.49. The lowest BCUT2D eigenvalue weighted by Crippen LogP contribution is -2.45. The fraction of sp³-hybridized carbons (Fsp3) is 0.222. The summed E-state index contributed by atoms with van der Waals surface area (Å²) >= 11 is 0. The molecule has 1 unspecified atom stereocenters. The van der Waals surface area contributed by atoms with Crippen LogP contribution in [0.4, 0.5) is 5.69 Å². The number of hydrogen-bond acceptors (Lipinski definition) is 8. The van der Waals surface area contributed by atoms with Crippen LogP contribution < -0.4 is 36.1 Å². The highest BCUT2D eigenvalue weighted by Gasteiger charge is 2.24. The lowest BCUT2D eigenvalue weighted by Gasteiger charge is -2.22. The van der Waals surface area contributed by atoms with Crippen LogP contribution in [0.5, 0.6) is 17.2 Å². The Labute approximate surface area is 214 Å². The monoisotopic (exact) mass is 503 g/mol. The van der Waals surface area contributed by atoms with E-state index in [2.05, 4.69) is 21.2 Å². The lowest BCUT2D eigenvalue weighted by molar-refractivity contribution is -0.122. The number of para-hydroxylation sites is 1. The number of nitrogens with two attached hydrogens (primary N) is 1. The smallest absolute Gasteiger partial charge is 0.273 e. The second-order valence-corrected chi connectivity index (χ2v) is 8.49. The number of methoxy groups -OCH3 is 1. The summed E-state index contributed by atoms with van der Waals surface area (Å²) in [5.74, 6) is 0.604. The molecule has 37 heavy (non-hydrogen) atoms. The topological polar surface area (TPSA) is 136 Å². The van der Waals surface area contributed by atoms with Crippen molar-refractivity contribution in [3.8, 4) is 17.2 Å². The predicted octanol–water partition coefficient (Wildman–Crippen LogP) is 3.15. The molecule has 5 N–H and O–H groups in total. The largest absolute Gasteiger partial charge is 0.496 e. The number of nitrogens with zero attached hydrogens (tertiary/aromatic N) is 1. The zero-order chi connectivity index (χ0) is 26.4. The quantitative estimate of drug-likeness (QED) is 0.393. The van der Waals surface area contributed by atoms with E-state index in [0.717, 1.165) is 0 Å². The molecule has 0 fully saturated rings. The normalized spacial score (nSPS) is 16.0. The zero-order valence-electron chi connectivity index (χ0n) is 20.8. The van der Waals surface area contributed by atoms with E-state index in [1.807, 2.05) is 13.8 Å². The Morgan fingerprint density at radius 2 is 1.81 bits per heavy atom. The summed E-state index contributed by atoms with van der Waals surface area (Å²) in [6.07, 6.45) is -0.0957. The van der Waals surface area contributed by atoms with E-state index in [1.165, 1.54) is 7.11 Å². The van der Waals surface area contributed by atoms with Gasteiger partial charge in [0.25, 0.3) is 11.8 Å². The Bertz CT molecular complexity index is 1310. The molecule has 10 nitrogen and oxygen atoms in total. The lowest BCUT2D eigenvalue weighted by atomic mass is 10.0. The fourth-order valence-electron chi connectivity index (χ4n) is 3.73. The first-order valence-corrected chi connectivity index (χ1v) is 11.7. The summed E-state index contributed by atoms with van der Waals surface area (Å²) in [5.41, 5.74) is 13.3. The maximum absolute atomic E-state index is 13.4. The molecule has 3 aromatic carbocycles. The van der Waals surface area contributed by atoms with E-state index in [-0.39, 0.29) is 18.4 Å². The van der Waals surface area contributed by atoms with E-state index in [9.17, 15) is 9.59 Å². The number of carbonyl (C=O) groups is 2. The van der Waals surface area contributed by atoms with E-state index >= 15 is 0 Å². The van der Waals surface area contributed by atoms with Crippen molar-refractivity contribution in [3.63, 3.8) is 0 Å². The Morgan fingerprint density at radius 1 is 1.05 bits per heavy atom. The summed E-state index contributed by atoms with van der Waals surface area (Å²) in [5, 5.41) is 3.21. The van der Waals surface area contributed by atoms with E-state index in [1.54, 1.807) is 66.7 Å². The fourth-order valence-corrected chi connectivity index (χ4v) is 3.73. The first kappa shape index (κ1) is 25.4. The molecule has 5 rings (SSSR count). The van der Waals surface area contributed by atoms with Gasteiger partial charge in [-0.3, -0.25) is 20.4 Å². The Kier molecular flexibility index (Phi) is 7.77. The third-order valence-corrected chi connectivity index (χ3v) is 5.52. The van der Waals surface area contributed by atoms with Crippen LogP contribution in [0.3, 0.4) is 0 Å². The van der Waals surface area contributed by atoms with Crippen LogP contribution in [0.25, 0.3) is 0 Å². The zero-order valence-corrected chi connectivity index (χ0v) is 20.8. The number of carbonyl (C=O) groups excluding carboxylic acids is 2. The van der Waals surface area contributed by atoms with Gasteiger partial charge in [0.1, 0.15) is 17.6 Å². The average molecular weight is 504 g/mol. The van der Waals surface area contributed by atoms with Gasteiger partial charge in [0.2, 0.25) is 0 Å². The van der Waals surface area contributed by atoms with Crippen LogP contribution in [0, 0.1) is 0 Å². The van der Waals surface area contributed by atoms with Gasteiger partial charge < -0.3 is 25.3 Å². The number of amidine groups is 1. The van der Waals surface area contributed by atoms with Crippen LogP contribution in [-0.2, 0) is 4.79 Å². The summed E-state index contributed by atoms with van der Waals surface area (Å²) < 4.78 is 17.0. The molecule has 2 aliphatic heterocycles. The van der Waals surface area contributed by atoms with Crippen LogP contribution in [0.2, 0.25) is 0 Å². The van der Waals surface area contributed by atoms with Gasteiger partial charge in [-0.25, -0.2) is 4.99 Å². The number of aliphatic imine (C=N–C) groups is 1. The molecule has 0 saturated heterocycles. The second kappa shape index (κ2) is 11.3. The van der Waals surface area contributed by atoms with Crippen molar-refractivity contribution in [2.45, 2.75) is 26.0 Å². The van der Waals surface area contributed by atoms with Crippen molar-refractivity contribution < 1.29 is 23.8 Å². The maximum Gasteiger partial charge on any atom is 0.273 e.